The van der Waals surface area contributed by atoms with Crippen LogP contribution < -0.4 is 10.1 Å². The van der Waals surface area contributed by atoms with Crippen LogP contribution in [0.25, 0.3) is 0 Å². The molecule has 3 rings (SSSR count). The summed E-state index contributed by atoms with van der Waals surface area (Å²) in [7, 11) is 0. The number of β-amino-alcohol motifs (C(OH)–C–C–N with tert-alkyl or cyclic N) is 1. The van der Waals surface area contributed by atoms with Gasteiger partial charge in [-0.25, -0.2) is 4.79 Å². The van der Waals surface area contributed by atoms with E-state index in [9.17, 15) is 19.5 Å². The predicted octanol–water partition coefficient (Wildman–Crippen LogP) is 2.40. The highest BCUT2D eigenvalue weighted by Gasteiger charge is 2.49. The average Bonchev–Trinajstić information content (AvgIpc) is 2.91. The lowest BCUT2D eigenvalue weighted by Gasteiger charge is -2.23. The Hall–Kier alpha value is -3.19. The lowest BCUT2D eigenvalue weighted by Crippen LogP contribution is -2.42. The summed E-state index contributed by atoms with van der Waals surface area (Å²) in [5, 5.41) is 13.0. The van der Waals surface area contributed by atoms with Crippen LogP contribution >= 0.6 is 0 Å². The molecular weight excluding hydrogens is 372 g/mol. The number of ketones is 1. The molecule has 2 aromatic carbocycles. The Kier molecular flexibility index (Phi) is 5.70. The Morgan fingerprint density at radius 2 is 1.76 bits per heavy atom. The minimum Gasteiger partial charge on any atom is -0.491 e. The first-order chi connectivity index (χ1) is 13.7. The van der Waals surface area contributed by atoms with Gasteiger partial charge in [-0.3, -0.25) is 14.5 Å². The maximum absolute atomic E-state index is 12.9. The maximum Gasteiger partial charge on any atom is 0.325 e. The van der Waals surface area contributed by atoms with Gasteiger partial charge in [-0.1, -0.05) is 29.8 Å². The monoisotopic (exact) mass is 396 g/mol. The lowest BCUT2D eigenvalue weighted by molar-refractivity contribution is -0.132. The van der Waals surface area contributed by atoms with E-state index in [0.29, 0.717) is 16.9 Å². The summed E-state index contributed by atoms with van der Waals surface area (Å²) in [4.78, 5) is 37.6. The van der Waals surface area contributed by atoms with Gasteiger partial charge in [-0.05, 0) is 50.6 Å². The zero-order chi connectivity index (χ0) is 21.2. The number of amides is 3. The number of rotatable bonds is 7. The van der Waals surface area contributed by atoms with Crippen LogP contribution in [-0.2, 0) is 10.3 Å². The Morgan fingerprint density at radius 3 is 2.34 bits per heavy atom. The van der Waals surface area contributed by atoms with Gasteiger partial charge in [0.1, 0.15) is 24.0 Å². The molecule has 0 radical (unpaired) electrons. The van der Waals surface area contributed by atoms with Gasteiger partial charge in [0.25, 0.3) is 5.91 Å². The van der Waals surface area contributed by atoms with Crippen LogP contribution in [0.3, 0.4) is 0 Å². The molecule has 2 N–H and O–H groups in total. The summed E-state index contributed by atoms with van der Waals surface area (Å²) < 4.78 is 5.50. The molecule has 0 aliphatic carbocycles. The summed E-state index contributed by atoms with van der Waals surface area (Å²) in [5.41, 5.74) is 1.12. The van der Waals surface area contributed by atoms with E-state index in [-0.39, 0.29) is 18.9 Å². The van der Waals surface area contributed by atoms with Crippen molar-refractivity contribution >= 4 is 17.7 Å². The number of hydrogen-bond donors (Lipinski definition) is 2. The number of aryl methyl sites for hydroxylation is 1. The fourth-order valence-corrected chi connectivity index (χ4v) is 3.19. The number of benzene rings is 2. The van der Waals surface area contributed by atoms with Gasteiger partial charge in [-0.2, -0.15) is 0 Å². The van der Waals surface area contributed by atoms with Crippen molar-refractivity contribution in [3.05, 3.63) is 65.2 Å². The van der Waals surface area contributed by atoms with Crippen LogP contribution in [0.5, 0.6) is 5.75 Å². The van der Waals surface area contributed by atoms with Crippen molar-refractivity contribution in [3.63, 3.8) is 0 Å². The van der Waals surface area contributed by atoms with Gasteiger partial charge in [-0.15, -0.1) is 0 Å². The van der Waals surface area contributed by atoms with Crippen molar-refractivity contribution in [3.8, 4) is 5.75 Å². The SMILES string of the molecule is CC(=O)c1ccc(OC[C@@H](O)CN2C(=O)N[C@](C)(c3ccc(C)cc3)C2=O)cc1. The first-order valence-corrected chi connectivity index (χ1v) is 9.34. The third-order valence-corrected chi connectivity index (χ3v) is 5.00. The molecule has 29 heavy (non-hydrogen) atoms. The summed E-state index contributed by atoms with van der Waals surface area (Å²) >= 11 is 0. The van der Waals surface area contributed by atoms with E-state index < -0.39 is 23.6 Å². The Bertz CT molecular complexity index is 923. The second-order valence-corrected chi connectivity index (χ2v) is 7.38. The highest BCUT2D eigenvalue weighted by Crippen LogP contribution is 2.29. The average molecular weight is 396 g/mol. The molecule has 7 nitrogen and oxygen atoms in total. The molecular formula is C22H24N2O5. The highest BCUT2D eigenvalue weighted by molar-refractivity contribution is 6.07. The van der Waals surface area contributed by atoms with Gasteiger partial charge in [0.15, 0.2) is 5.78 Å². The molecule has 0 unspecified atom stereocenters. The largest absolute Gasteiger partial charge is 0.491 e. The number of hydrogen-bond acceptors (Lipinski definition) is 5. The van der Waals surface area contributed by atoms with Crippen molar-refractivity contribution in [1.29, 1.82) is 0 Å². The standard InChI is InChI=1S/C22H24N2O5/c1-14-4-8-17(9-5-14)22(3)20(27)24(21(28)23-22)12-18(26)13-29-19-10-6-16(7-11-19)15(2)25/h4-11,18,26H,12-13H2,1-3H3,(H,23,28)/t18-,22+/m0/s1. The molecule has 1 saturated heterocycles. The predicted molar refractivity (Wildman–Crippen MR) is 107 cm³/mol. The number of nitrogens with zero attached hydrogens (tertiary/aromatic N) is 1. The molecule has 1 aliphatic heterocycles. The van der Waals surface area contributed by atoms with Crippen LogP contribution in [0.1, 0.15) is 35.3 Å². The van der Waals surface area contributed by atoms with E-state index >= 15 is 0 Å². The van der Waals surface area contributed by atoms with Gasteiger partial charge in [0, 0.05) is 5.56 Å². The number of nitrogens with one attached hydrogen (secondary N) is 1. The Labute approximate surface area is 169 Å². The fraction of sp³-hybridized carbons (Fsp3) is 0.318. The van der Waals surface area contributed by atoms with Gasteiger partial charge >= 0.3 is 6.03 Å². The van der Waals surface area contributed by atoms with E-state index in [2.05, 4.69) is 5.32 Å². The first kappa shape index (κ1) is 20.5. The van der Waals surface area contributed by atoms with E-state index in [1.54, 1.807) is 43.3 Å². The minimum absolute atomic E-state index is 0.0493. The molecule has 2 aromatic rings. The molecule has 0 saturated carbocycles. The van der Waals surface area contributed by atoms with Crippen molar-refractivity contribution in [2.75, 3.05) is 13.2 Å². The molecule has 0 bridgehead atoms. The number of carbonyl (C=O) groups is 3. The molecule has 1 aliphatic rings. The molecule has 1 fully saturated rings. The molecule has 152 valence electrons. The van der Waals surface area contributed by atoms with Crippen molar-refractivity contribution in [2.24, 2.45) is 0 Å². The number of urea groups is 1. The fourth-order valence-electron chi connectivity index (χ4n) is 3.19. The van der Waals surface area contributed by atoms with E-state index in [1.165, 1.54) is 6.92 Å². The first-order valence-electron chi connectivity index (χ1n) is 9.34. The summed E-state index contributed by atoms with van der Waals surface area (Å²) in [5.74, 6) is 0.0127. The van der Waals surface area contributed by atoms with Crippen molar-refractivity contribution in [2.45, 2.75) is 32.4 Å². The Balaban J connectivity index is 1.62. The zero-order valence-electron chi connectivity index (χ0n) is 16.6. The zero-order valence-corrected chi connectivity index (χ0v) is 16.6. The molecule has 0 aromatic heterocycles. The smallest absolute Gasteiger partial charge is 0.325 e. The van der Waals surface area contributed by atoms with Crippen LogP contribution in [0.2, 0.25) is 0 Å². The third kappa shape index (κ3) is 4.30. The van der Waals surface area contributed by atoms with E-state index in [1.807, 2.05) is 19.1 Å². The summed E-state index contributed by atoms with van der Waals surface area (Å²) in [6.45, 7) is 4.78. The third-order valence-electron chi connectivity index (χ3n) is 5.00. The molecule has 7 heteroatoms. The Morgan fingerprint density at radius 1 is 1.14 bits per heavy atom. The number of imide groups is 1. The normalized spacial score (nSPS) is 19.8. The van der Waals surface area contributed by atoms with Crippen LogP contribution in [-0.4, -0.2) is 47.0 Å². The minimum atomic E-state index is -1.17. The van der Waals surface area contributed by atoms with Crippen LogP contribution in [0.15, 0.2) is 48.5 Å². The number of carbonyl (C=O) groups excluding carboxylic acids is 3. The number of ether oxygens (including phenoxy) is 1. The number of aliphatic hydroxyl groups excluding tert-OH is 1. The number of aliphatic hydroxyl groups is 1. The summed E-state index contributed by atoms with van der Waals surface area (Å²) in [6.07, 6.45) is -1.06. The van der Waals surface area contributed by atoms with Crippen LogP contribution in [0, 0.1) is 6.92 Å². The number of Topliss-reactive ketones (excluding diaryl/α,β-unsaturated/α-hetero) is 1. The van der Waals surface area contributed by atoms with E-state index in [0.717, 1.165) is 10.5 Å². The lowest BCUT2D eigenvalue weighted by atomic mass is 9.91. The quantitative estimate of drug-likeness (QED) is 0.553. The van der Waals surface area contributed by atoms with E-state index in [4.69, 9.17) is 4.74 Å². The summed E-state index contributed by atoms with van der Waals surface area (Å²) in [6, 6.07) is 13.3. The topological polar surface area (TPSA) is 95.9 Å². The van der Waals surface area contributed by atoms with Gasteiger partial charge in [0.05, 0.1) is 6.54 Å². The molecule has 3 amide bonds. The van der Waals surface area contributed by atoms with Gasteiger partial charge < -0.3 is 15.2 Å². The maximum atomic E-state index is 12.9. The molecule has 0 spiro atoms. The van der Waals surface area contributed by atoms with Crippen molar-refractivity contribution in [1.82, 2.24) is 10.2 Å². The molecule has 1 heterocycles. The van der Waals surface area contributed by atoms with Crippen LogP contribution in [0.4, 0.5) is 4.79 Å². The highest BCUT2D eigenvalue weighted by atomic mass is 16.5. The van der Waals surface area contributed by atoms with Crippen molar-refractivity contribution < 1.29 is 24.2 Å². The molecule has 2 atom stereocenters. The van der Waals surface area contributed by atoms with Gasteiger partial charge in [0.2, 0.25) is 0 Å². The second-order valence-electron chi connectivity index (χ2n) is 7.38. The second kappa shape index (κ2) is 8.05.